The van der Waals surface area contributed by atoms with E-state index in [2.05, 4.69) is 50.4 Å². The fraction of sp³-hybridized carbons (Fsp3) is 0.588. The topological polar surface area (TPSA) is 55.1 Å². The zero-order valence-electron chi connectivity index (χ0n) is 13.9. The summed E-state index contributed by atoms with van der Waals surface area (Å²) in [6.07, 6.45) is 0. The van der Waals surface area contributed by atoms with E-state index in [9.17, 15) is 4.79 Å². The third kappa shape index (κ3) is 5.68. The van der Waals surface area contributed by atoms with Gasteiger partial charge in [0.25, 0.3) is 0 Å². The normalized spacial score (nSPS) is 15.6. The lowest BCUT2D eigenvalue weighted by molar-refractivity contribution is -0.125. The Labute approximate surface area is 135 Å². The van der Waals surface area contributed by atoms with Gasteiger partial charge in [-0.05, 0) is 30.4 Å². The van der Waals surface area contributed by atoms with Crippen molar-refractivity contribution in [2.45, 2.75) is 59.0 Å². The summed E-state index contributed by atoms with van der Waals surface area (Å²) in [4.78, 5) is 12.0. The maximum atomic E-state index is 12.0. The van der Waals surface area contributed by atoms with E-state index in [4.69, 9.17) is 5.73 Å². The molecule has 0 saturated heterocycles. The molecule has 0 fully saturated rings. The highest BCUT2D eigenvalue weighted by Crippen LogP contribution is 2.24. The molecular formula is C17H29ClN2O. The second kappa shape index (κ2) is 7.81. The van der Waals surface area contributed by atoms with Gasteiger partial charge in [-0.2, -0.15) is 0 Å². The van der Waals surface area contributed by atoms with Crippen LogP contribution in [-0.4, -0.2) is 11.9 Å². The molecule has 0 bridgehead atoms. The lowest BCUT2D eigenvalue weighted by Crippen LogP contribution is -2.39. The molecule has 1 aromatic carbocycles. The molecule has 0 aliphatic carbocycles. The number of benzene rings is 1. The Morgan fingerprint density at radius 2 is 1.57 bits per heavy atom. The Kier molecular flexibility index (Phi) is 7.41. The summed E-state index contributed by atoms with van der Waals surface area (Å²) in [5, 5.41) is 3.02. The van der Waals surface area contributed by atoms with Gasteiger partial charge in [-0.15, -0.1) is 12.4 Å². The largest absolute Gasteiger partial charge is 0.349 e. The van der Waals surface area contributed by atoms with Crippen LogP contribution in [0.1, 0.15) is 58.7 Å². The molecular weight excluding hydrogens is 284 g/mol. The van der Waals surface area contributed by atoms with E-state index < -0.39 is 0 Å². The molecule has 3 N–H and O–H groups in total. The van der Waals surface area contributed by atoms with Crippen molar-refractivity contribution in [3.63, 3.8) is 0 Å². The van der Waals surface area contributed by atoms with Gasteiger partial charge < -0.3 is 11.1 Å². The Morgan fingerprint density at radius 3 is 1.95 bits per heavy atom. The van der Waals surface area contributed by atoms with Crippen LogP contribution in [0.15, 0.2) is 24.3 Å². The molecule has 4 heteroatoms. The van der Waals surface area contributed by atoms with Crippen molar-refractivity contribution in [2.75, 3.05) is 0 Å². The van der Waals surface area contributed by atoms with E-state index in [0.717, 1.165) is 5.56 Å². The number of hydrogen-bond donors (Lipinski definition) is 2. The van der Waals surface area contributed by atoms with Gasteiger partial charge >= 0.3 is 0 Å². The van der Waals surface area contributed by atoms with Gasteiger partial charge in [0.1, 0.15) is 0 Å². The fourth-order valence-electron chi connectivity index (χ4n) is 1.94. The van der Waals surface area contributed by atoms with E-state index in [0.29, 0.717) is 0 Å². The van der Waals surface area contributed by atoms with Crippen molar-refractivity contribution >= 4 is 18.3 Å². The second-order valence-corrected chi connectivity index (χ2v) is 6.75. The molecule has 0 heterocycles. The zero-order valence-corrected chi connectivity index (χ0v) is 14.8. The highest BCUT2D eigenvalue weighted by atomic mass is 35.5. The van der Waals surface area contributed by atoms with Crippen LogP contribution in [0.4, 0.5) is 0 Å². The molecule has 0 aliphatic heterocycles. The van der Waals surface area contributed by atoms with Crippen molar-refractivity contribution in [3.05, 3.63) is 35.4 Å². The predicted octanol–water partition coefficient (Wildman–Crippen LogP) is 3.57. The van der Waals surface area contributed by atoms with Gasteiger partial charge in [-0.3, -0.25) is 4.79 Å². The summed E-state index contributed by atoms with van der Waals surface area (Å²) < 4.78 is 0. The number of carbonyl (C=O) groups excluding carboxylic acids is 1. The summed E-state index contributed by atoms with van der Waals surface area (Å²) in [5.74, 6) is -0.168. The van der Waals surface area contributed by atoms with Crippen molar-refractivity contribution in [1.82, 2.24) is 5.32 Å². The summed E-state index contributed by atoms with van der Waals surface area (Å²) in [6, 6.07) is 8.30. The minimum Gasteiger partial charge on any atom is -0.349 e. The number of rotatable bonds is 4. The molecule has 21 heavy (non-hydrogen) atoms. The molecule has 1 amide bonds. The van der Waals surface area contributed by atoms with Gasteiger partial charge in [0, 0.05) is 12.0 Å². The van der Waals surface area contributed by atoms with Crippen LogP contribution in [0.2, 0.25) is 0 Å². The van der Waals surface area contributed by atoms with Crippen molar-refractivity contribution in [2.24, 2.45) is 11.7 Å². The maximum Gasteiger partial charge on any atom is 0.224 e. The lowest BCUT2D eigenvalue weighted by Gasteiger charge is -2.22. The quantitative estimate of drug-likeness (QED) is 0.893. The zero-order chi connectivity index (χ0) is 15.5. The summed E-state index contributed by atoms with van der Waals surface area (Å²) >= 11 is 0. The molecule has 0 saturated carbocycles. The van der Waals surface area contributed by atoms with Crippen molar-refractivity contribution < 1.29 is 4.79 Å². The Balaban J connectivity index is 0.00000400. The van der Waals surface area contributed by atoms with Crippen molar-refractivity contribution in [3.8, 4) is 0 Å². The van der Waals surface area contributed by atoms with E-state index in [1.165, 1.54) is 5.56 Å². The number of carbonyl (C=O) groups is 1. The molecule has 1 aromatic rings. The highest BCUT2D eigenvalue weighted by Gasteiger charge is 2.19. The third-order valence-corrected chi connectivity index (χ3v) is 3.84. The molecule has 0 radical (unpaired) electrons. The molecule has 3 unspecified atom stereocenters. The Hall–Kier alpha value is -1.06. The van der Waals surface area contributed by atoms with Crippen LogP contribution >= 0.6 is 12.4 Å². The Morgan fingerprint density at radius 1 is 1.10 bits per heavy atom. The average Bonchev–Trinajstić information content (AvgIpc) is 2.36. The molecule has 0 aromatic heterocycles. The number of amides is 1. The van der Waals surface area contributed by atoms with Crippen LogP contribution in [0, 0.1) is 5.92 Å². The first-order valence-corrected chi connectivity index (χ1v) is 7.29. The molecule has 1 rings (SSSR count). The van der Waals surface area contributed by atoms with Gasteiger partial charge in [0.15, 0.2) is 0 Å². The smallest absolute Gasteiger partial charge is 0.224 e. The minimum atomic E-state index is -0.175. The van der Waals surface area contributed by atoms with Crippen LogP contribution in [-0.2, 0) is 10.2 Å². The highest BCUT2D eigenvalue weighted by molar-refractivity contribution is 5.85. The number of nitrogens with one attached hydrogen (secondary N) is 1. The van der Waals surface area contributed by atoms with Crippen molar-refractivity contribution in [1.29, 1.82) is 0 Å². The summed E-state index contributed by atoms with van der Waals surface area (Å²) in [7, 11) is 0. The molecule has 120 valence electrons. The number of halogens is 1. The van der Waals surface area contributed by atoms with Gasteiger partial charge in [-0.25, -0.2) is 0 Å². The number of nitrogens with two attached hydrogens (primary N) is 1. The Bertz CT molecular complexity index is 449. The average molecular weight is 313 g/mol. The van der Waals surface area contributed by atoms with Crippen LogP contribution < -0.4 is 11.1 Å². The maximum absolute atomic E-state index is 12.0. The third-order valence-electron chi connectivity index (χ3n) is 3.84. The number of hydrogen-bond acceptors (Lipinski definition) is 2. The minimum absolute atomic E-state index is 0. The van der Waals surface area contributed by atoms with E-state index in [1.807, 2.05) is 20.8 Å². The van der Waals surface area contributed by atoms with E-state index in [-0.39, 0.29) is 41.7 Å². The van der Waals surface area contributed by atoms with Crippen LogP contribution in [0.3, 0.4) is 0 Å². The lowest BCUT2D eigenvalue weighted by atomic mass is 9.86. The van der Waals surface area contributed by atoms with Crippen LogP contribution in [0.5, 0.6) is 0 Å². The predicted molar refractivity (Wildman–Crippen MR) is 91.8 cm³/mol. The van der Waals surface area contributed by atoms with Crippen LogP contribution in [0.25, 0.3) is 0 Å². The molecule has 3 atom stereocenters. The van der Waals surface area contributed by atoms with Gasteiger partial charge in [0.2, 0.25) is 5.91 Å². The van der Waals surface area contributed by atoms with Gasteiger partial charge in [-0.1, -0.05) is 52.0 Å². The standard InChI is InChI=1S/C17H28N2O.ClH/c1-11(12(2)18)16(20)19-13(3)14-7-9-15(10-8-14)17(4,5)6;/h7-13H,18H2,1-6H3,(H,19,20);1H. The fourth-order valence-corrected chi connectivity index (χ4v) is 1.94. The monoisotopic (exact) mass is 312 g/mol. The molecule has 3 nitrogen and oxygen atoms in total. The van der Waals surface area contributed by atoms with E-state index in [1.54, 1.807) is 0 Å². The first-order valence-electron chi connectivity index (χ1n) is 7.29. The molecule has 0 aliphatic rings. The summed E-state index contributed by atoms with van der Waals surface area (Å²) in [6.45, 7) is 12.3. The summed E-state index contributed by atoms with van der Waals surface area (Å²) in [5.41, 5.74) is 8.31. The van der Waals surface area contributed by atoms with E-state index >= 15 is 0 Å². The second-order valence-electron chi connectivity index (χ2n) is 6.75. The first kappa shape index (κ1) is 19.9. The van der Waals surface area contributed by atoms with Gasteiger partial charge in [0.05, 0.1) is 6.04 Å². The molecule has 0 spiro atoms. The first-order chi connectivity index (χ1) is 9.12. The SMILES string of the molecule is CC(NC(=O)C(C)C(C)N)c1ccc(C(C)(C)C)cc1.Cl.